The highest BCUT2D eigenvalue weighted by molar-refractivity contribution is 5.65. The minimum absolute atomic E-state index is 0.00279. The Hall–Kier alpha value is -2.97. The van der Waals surface area contributed by atoms with Crippen LogP contribution in [0.4, 0.5) is 13.2 Å². The molecular formula is C18H18F3NO5. The van der Waals surface area contributed by atoms with Gasteiger partial charge < -0.3 is 18.7 Å². The standard InChI is InChI=1S/C18H18F3NO5/c1-3-24-17(18(19,20)21)11-26-15-6-4-13(5-7-15)8-14-9-16(27-22-14)10-25-12(2)23/h4-7,9,11H,3,8,10H2,1-2H3/b17-11-. The van der Waals surface area contributed by atoms with Crippen molar-refractivity contribution in [2.75, 3.05) is 6.61 Å². The number of carbonyl (C=O) groups is 1. The molecule has 27 heavy (non-hydrogen) atoms. The van der Waals surface area contributed by atoms with Crippen LogP contribution >= 0.6 is 0 Å². The molecule has 1 aromatic carbocycles. The molecule has 0 aliphatic carbocycles. The van der Waals surface area contributed by atoms with Crippen molar-refractivity contribution in [2.45, 2.75) is 33.1 Å². The van der Waals surface area contributed by atoms with Crippen LogP contribution in [0.1, 0.15) is 30.9 Å². The van der Waals surface area contributed by atoms with Crippen LogP contribution in [-0.2, 0) is 27.3 Å². The summed E-state index contributed by atoms with van der Waals surface area (Å²) in [6.45, 7) is 2.63. The summed E-state index contributed by atoms with van der Waals surface area (Å²) in [7, 11) is 0. The van der Waals surface area contributed by atoms with Gasteiger partial charge in [0, 0.05) is 19.4 Å². The van der Waals surface area contributed by atoms with Crippen LogP contribution < -0.4 is 4.74 Å². The van der Waals surface area contributed by atoms with E-state index < -0.39 is 17.9 Å². The van der Waals surface area contributed by atoms with Crippen molar-refractivity contribution in [3.05, 3.63) is 59.4 Å². The quantitative estimate of drug-likeness (QED) is 0.502. The van der Waals surface area contributed by atoms with Gasteiger partial charge in [0.25, 0.3) is 0 Å². The molecule has 0 saturated carbocycles. The number of halogens is 3. The number of hydrogen-bond donors (Lipinski definition) is 0. The maximum Gasteiger partial charge on any atom is 0.452 e. The Balaban J connectivity index is 1.96. The van der Waals surface area contributed by atoms with Crippen LogP contribution in [0.25, 0.3) is 0 Å². The number of aromatic nitrogens is 1. The van der Waals surface area contributed by atoms with Gasteiger partial charge in [-0.3, -0.25) is 4.79 Å². The molecule has 0 radical (unpaired) electrons. The highest BCUT2D eigenvalue weighted by Crippen LogP contribution is 2.27. The van der Waals surface area contributed by atoms with Crippen LogP contribution in [0.2, 0.25) is 0 Å². The van der Waals surface area contributed by atoms with Crippen molar-refractivity contribution in [2.24, 2.45) is 0 Å². The number of esters is 1. The first-order chi connectivity index (χ1) is 12.8. The van der Waals surface area contributed by atoms with E-state index in [1.165, 1.54) is 26.0 Å². The average molecular weight is 385 g/mol. The molecule has 0 unspecified atom stereocenters. The van der Waals surface area contributed by atoms with Gasteiger partial charge in [0.15, 0.2) is 12.4 Å². The molecule has 9 heteroatoms. The lowest BCUT2D eigenvalue weighted by atomic mass is 10.1. The molecule has 0 atom stereocenters. The van der Waals surface area contributed by atoms with Gasteiger partial charge in [-0.15, -0.1) is 0 Å². The highest BCUT2D eigenvalue weighted by Gasteiger charge is 2.36. The van der Waals surface area contributed by atoms with Gasteiger partial charge >= 0.3 is 12.1 Å². The number of allylic oxidation sites excluding steroid dienone is 1. The monoisotopic (exact) mass is 385 g/mol. The lowest BCUT2D eigenvalue weighted by Gasteiger charge is -2.12. The zero-order valence-corrected chi connectivity index (χ0v) is 14.7. The number of carbonyl (C=O) groups excluding carboxylic acids is 1. The minimum atomic E-state index is -4.62. The van der Waals surface area contributed by atoms with Gasteiger partial charge in [-0.2, -0.15) is 13.2 Å². The molecule has 0 bridgehead atoms. The van der Waals surface area contributed by atoms with Crippen LogP contribution in [0.15, 0.2) is 46.9 Å². The Morgan fingerprint density at radius 3 is 2.52 bits per heavy atom. The van der Waals surface area contributed by atoms with E-state index in [9.17, 15) is 18.0 Å². The van der Waals surface area contributed by atoms with Gasteiger partial charge in [0.05, 0.1) is 12.3 Å². The van der Waals surface area contributed by atoms with Crippen molar-refractivity contribution < 1.29 is 36.7 Å². The van der Waals surface area contributed by atoms with E-state index >= 15 is 0 Å². The van der Waals surface area contributed by atoms with E-state index in [0.29, 0.717) is 24.1 Å². The Labute approximate surface area is 153 Å². The number of hydrogen-bond acceptors (Lipinski definition) is 6. The highest BCUT2D eigenvalue weighted by atomic mass is 19.4. The van der Waals surface area contributed by atoms with Crippen LogP contribution in [0, 0.1) is 0 Å². The first-order valence-corrected chi connectivity index (χ1v) is 8.01. The molecule has 1 aromatic heterocycles. The number of benzene rings is 1. The number of alkyl halides is 3. The van der Waals surface area contributed by atoms with Crippen molar-refractivity contribution in [3.63, 3.8) is 0 Å². The van der Waals surface area contributed by atoms with Gasteiger partial charge in [0.2, 0.25) is 5.76 Å². The summed E-state index contributed by atoms with van der Waals surface area (Å²) in [4.78, 5) is 10.8. The van der Waals surface area contributed by atoms with Gasteiger partial charge in [-0.1, -0.05) is 17.3 Å². The SMILES string of the molecule is CCO/C(=C\Oc1ccc(Cc2cc(COC(C)=O)on2)cc1)C(F)(F)F. The second-order valence-electron chi connectivity index (χ2n) is 5.42. The predicted octanol–water partition coefficient (Wildman–Crippen LogP) is 4.15. The van der Waals surface area contributed by atoms with E-state index in [1.807, 2.05) is 0 Å². The third-order valence-electron chi connectivity index (χ3n) is 3.22. The van der Waals surface area contributed by atoms with Crippen LogP contribution in [0.5, 0.6) is 5.75 Å². The largest absolute Gasteiger partial charge is 0.487 e. The maximum absolute atomic E-state index is 12.7. The van der Waals surface area contributed by atoms with E-state index in [-0.39, 0.29) is 19.0 Å². The first-order valence-electron chi connectivity index (χ1n) is 8.01. The molecule has 0 amide bonds. The van der Waals surface area contributed by atoms with Crippen molar-refractivity contribution in [3.8, 4) is 5.75 Å². The lowest BCUT2D eigenvalue weighted by molar-refractivity contribution is -0.142. The fourth-order valence-corrected chi connectivity index (χ4v) is 2.03. The summed E-state index contributed by atoms with van der Waals surface area (Å²) in [5, 5.41) is 3.87. The Morgan fingerprint density at radius 1 is 1.22 bits per heavy atom. The first kappa shape index (κ1) is 20.3. The molecule has 2 aromatic rings. The van der Waals surface area contributed by atoms with Crippen LogP contribution in [0.3, 0.4) is 0 Å². The second-order valence-corrected chi connectivity index (χ2v) is 5.42. The molecule has 1 heterocycles. The molecule has 6 nitrogen and oxygen atoms in total. The normalized spacial score (nSPS) is 12.0. The maximum atomic E-state index is 12.7. The lowest BCUT2D eigenvalue weighted by Crippen LogP contribution is -2.15. The third kappa shape index (κ3) is 6.69. The number of rotatable bonds is 8. The van der Waals surface area contributed by atoms with Crippen LogP contribution in [-0.4, -0.2) is 23.9 Å². The molecule has 0 aliphatic heterocycles. The molecular weight excluding hydrogens is 367 g/mol. The average Bonchev–Trinajstić information content (AvgIpc) is 3.04. The molecule has 0 spiro atoms. The summed E-state index contributed by atoms with van der Waals surface area (Å²) >= 11 is 0. The third-order valence-corrected chi connectivity index (χ3v) is 3.22. The summed E-state index contributed by atoms with van der Waals surface area (Å²) in [5.74, 6) is -0.968. The Bertz CT molecular complexity index is 781. The summed E-state index contributed by atoms with van der Waals surface area (Å²) in [6, 6.07) is 8.11. The smallest absolute Gasteiger partial charge is 0.452 e. The summed E-state index contributed by atoms with van der Waals surface area (Å²) in [6.07, 6.45) is -3.64. The molecule has 0 fully saturated rings. The summed E-state index contributed by atoms with van der Waals surface area (Å²) in [5.41, 5.74) is 1.47. The van der Waals surface area contributed by atoms with E-state index in [0.717, 1.165) is 5.56 Å². The Kier molecular flexibility index (Phi) is 6.86. The fraction of sp³-hybridized carbons (Fsp3) is 0.333. The zero-order chi connectivity index (χ0) is 19.9. The molecule has 2 rings (SSSR count). The molecule has 0 saturated heterocycles. The van der Waals surface area contributed by atoms with Gasteiger partial charge in [-0.25, -0.2) is 0 Å². The minimum Gasteiger partial charge on any atom is -0.487 e. The van der Waals surface area contributed by atoms with E-state index in [2.05, 4.69) is 9.89 Å². The van der Waals surface area contributed by atoms with E-state index in [1.54, 1.807) is 18.2 Å². The summed E-state index contributed by atoms with van der Waals surface area (Å²) < 4.78 is 57.5. The zero-order valence-electron chi connectivity index (χ0n) is 14.7. The van der Waals surface area contributed by atoms with Gasteiger partial charge in [0.1, 0.15) is 12.0 Å². The molecule has 0 N–H and O–H groups in total. The van der Waals surface area contributed by atoms with Crippen molar-refractivity contribution in [1.29, 1.82) is 0 Å². The number of ether oxygens (including phenoxy) is 3. The Morgan fingerprint density at radius 2 is 1.93 bits per heavy atom. The second kappa shape index (κ2) is 9.11. The molecule has 0 aliphatic rings. The van der Waals surface area contributed by atoms with Crippen molar-refractivity contribution >= 4 is 5.97 Å². The van der Waals surface area contributed by atoms with Gasteiger partial charge in [-0.05, 0) is 24.6 Å². The predicted molar refractivity (Wildman–Crippen MR) is 87.6 cm³/mol. The fourth-order valence-electron chi connectivity index (χ4n) is 2.03. The topological polar surface area (TPSA) is 70.8 Å². The molecule has 146 valence electrons. The number of nitrogens with zero attached hydrogens (tertiary/aromatic N) is 1. The van der Waals surface area contributed by atoms with E-state index in [4.69, 9.17) is 14.0 Å². The van der Waals surface area contributed by atoms with Crippen molar-refractivity contribution in [1.82, 2.24) is 5.16 Å².